The molecule has 1 spiro atoms. The van der Waals surface area contributed by atoms with Crippen LogP contribution < -0.4 is 4.90 Å². The van der Waals surface area contributed by atoms with E-state index in [9.17, 15) is 14.4 Å². The number of hydroxylamine groups is 2. The Balaban J connectivity index is 1.85. The van der Waals surface area contributed by atoms with Crippen LogP contribution >= 0.6 is 11.6 Å². The summed E-state index contributed by atoms with van der Waals surface area (Å²) in [6.45, 7) is 7.89. The molecule has 32 heavy (non-hydrogen) atoms. The Morgan fingerprint density at radius 1 is 1.31 bits per heavy atom. The molecule has 2 fully saturated rings. The number of amides is 1. The Kier molecular flexibility index (Phi) is 6.11. The maximum atomic E-state index is 14.0. The number of ether oxygens (including phenoxy) is 2. The number of esters is 2. The van der Waals surface area contributed by atoms with Gasteiger partial charge >= 0.3 is 11.9 Å². The molecule has 0 N–H and O–H groups in total. The molecule has 9 heteroatoms. The van der Waals surface area contributed by atoms with Crippen LogP contribution in [-0.4, -0.2) is 54.8 Å². The molecule has 3 aliphatic heterocycles. The van der Waals surface area contributed by atoms with Gasteiger partial charge in [-0.25, -0.2) is 4.79 Å². The van der Waals surface area contributed by atoms with Crippen LogP contribution in [0.4, 0.5) is 5.69 Å². The number of hydrogen-bond donors (Lipinski definition) is 0. The summed E-state index contributed by atoms with van der Waals surface area (Å²) in [7, 11) is 0. The number of carbonyl (C=O) groups is 3. The third kappa shape index (κ3) is 3.25. The molecule has 3 aliphatic rings. The van der Waals surface area contributed by atoms with Crippen molar-refractivity contribution >= 4 is 35.1 Å². The summed E-state index contributed by atoms with van der Waals surface area (Å²) in [4.78, 5) is 46.6. The van der Waals surface area contributed by atoms with Crippen LogP contribution in [0.25, 0.3) is 0 Å². The van der Waals surface area contributed by atoms with Crippen LogP contribution in [-0.2, 0) is 34.2 Å². The van der Waals surface area contributed by atoms with Gasteiger partial charge in [-0.1, -0.05) is 23.8 Å². The number of halogens is 1. The summed E-state index contributed by atoms with van der Waals surface area (Å²) < 4.78 is 10.3. The second-order valence-electron chi connectivity index (χ2n) is 7.75. The molecule has 4 rings (SSSR count). The van der Waals surface area contributed by atoms with Gasteiger partial charge in [0.2, 0.25) is 0 Å². The highest BCUT2D eigenvalue weighted by Gasteiger charge is 2.73. The van der Waals surface area contributed by atoms with Crippen LogP contribution in [0.2, 0.25) is 5.02 Å². The standard InChI is InChI=1S/C23H25ClN2O6/c1-4-11-25-17-9-7-14(24)12-16(17)23(22(25)29)20(21(28)31-6-3)18-13-15(26(23)32-18)8-10-19(27)30-5-2/h4,7-10,12,15,18,20H,1,5-6,11,13H2,2-3H3/b10-8+/t15-,18+,20-,23+/m1/s1. The van der Waals surface area contributed by atoms with E-state index in [1.807, 2.05) is 0 Å². The Morgan fingerprint density at radius 2 is 2.06 bits per heavy atom. The smallest absolute Gasteiger partial charge is 0.330 e. The largest absolute Gasteiger partial charge is 0.466 e. The van der Waals surface area contributed by atoms with Crippen molar-refractivity contribution in [1.82, 2.24) is 5.06 Å². The highest BCUT2D eigenvalue weighted by molar-refractivity contribution is 6.31. The average molecular weight is 461 g/mol. The molecule has 1 aromatic rings. The third-order valence-corrected chi connectivity index (χ3v) is 6.25. The second kappa shape index (κ2) is 8.69. The highest BCUT2D eigenvalue weighted by atomic mass is 35.5. The zero-order valence-corrected chi connectivity index (χ0v) is 18.7. The van der Waals surface area contributed by atoms with Crippen molar-refractivity contribution < 1.29 is 28.7 Å². The lowest BCUT2D eigenvalue weighted by molar-refractivity contribution is -0.175. The summed E-state index contributed by atoms with van der Waals surface area (Å²) >= 11 is 6.32. The average Bonchev–Trinajstić information content (AvgIpc) is 3.39. The van der Waals surface area contributed by atoms with E-state index in [0.29, 0.717) is 22.7 Å². The summed E-state index contributed by atoms with van der Waals surface area (Å²) in [6, 6.07) is 4.73. The van der Waals surface area contributed by atoms with E-state index >= 15 is 0 Å². The van der Waals surface area contributed by atoms with E-state index < -0.39 is 35.5 Å². The molecule has 3 heterocycles. The fourth-order valence-electron chi connectivity index (χ4n) is 4.94. The third-order valence-electron chi connectivity index (χ3n) is 6.02. The van der Waals surface area contributed by atoms with Crippen molar-refractivity contribution in [3.63, 3.8) is 0 Å². The fraction of sp³-hybridized carbons (Fsp3) is 0.435. The van der Waals surface area contributed by atoms with Crippen LogP contribution in [0.3, 0.4) is 0 Å². The van der Waals surface area contributed by atoms with Gasteiger partial charge in [0.25, 0.3) is 5.91 Å². The van der Waals surface area contributed by atoms with Crippen molar-refractivity contribution in [3.8, 4) is 0 Å². The molecular formula is C23H25ClN2O6. The lowest BCUT2D eigenvalue weighted by Crippen LogP contribution is -2.59. The first-order valence-electron chi connectivity index (χ1n) is 10.6. The van der Waals surface area contributed by atoms with Crippen molar-refractivity contribution in [2.75, 3.05) is 24.7 Å². The van der Waals surface area contributed by atoms with Gasteiger partial charge in [0.1, 0.15) is 5.92 Å². The van der Waals surface area contributed by atoms with Gasteiger partial charge in [0.05, 0.1) is 25.4 Å². The number of rotatable bonds is 7. The van der Waals surface area contributed by atoms with E-state index in [-0.39, 0.29) is 25.7 Å². The quantitative estimate of drug-likeness (QED) is 0.351. The topological polar surface area (TPSA) is 85.4 Å². The monoisotopic (exact) mass is 460 g/mol. The van der Waals surface area contributed by atoms with E-state index in [0.717, 1.165) is 0 Å². The number of nitrogens with zero attached hydrogens (tertiary/aromatic N) is 2. The Hall–Kier alpha value is -2.68. The minimum atomic E-state index is -1.46. The molecule has 0 saturated carbocycles. The minimum absolute atomic E-state index is 0.178. The molecule has 170 valence electrons. The molecule has 1 aromatic carbocycles. The Labute approximate surface area is 191 Å². The van der Waals surface area contributed by atoms with Gasteiger partial charge in [-0.3, -0.25) is 14.4 Å². The molecule has 2 bridgehead atoms. The van der Waals surface area contributed by atoms with Gasteiger partial charge in [-0.2, -0.15) is 5.06 Å². The summed E-state index contributed by atoms with van der Waals surface area (Å²) in [5, 5.41) is 1.97. The molecule has 5 atom stereocenters. The second-order valence-corrected chi connectivity index (χ2v) is 8.18. The van der Waals surface area contributed by atoms with Crippen molar-refractivity contribution in [3.05, 3.63) is 53.6 Å². The van der Waals surface area contributed by atoms with Crippen molar-refractivity contribution in [1.29, 1.82) is 0 Å². The van der Waals surface area contributed by atoms with Crippen LogP contribution in [0.5, 0.6) is 0 Å². The first kappa shape index (κ1) is 22.5. The lowest BCUT2D eigenvalue weighted by atomic mass is 9.72. The number of anilines is 1. The Bertz CT molecular complexity index is 995. The lowest BCUT2D eigenvalue weighted by Gasteiger charge is -2.40. The highest BCUT2D eigenvalue weighted by Crippen LogP contribution is 2.59. The number of fused-ring (bicyclic) bond motifs is 5. The van der Waals surface area contributed by atoms with Gasteiger partial charge in [0.15, 0.2) is 5.54 Å². The van der Waals surface area contributed by atoms with Crippen LogP contribution in [0.15, 0.2) is 43.0 Å². The first-order chi connectivity index (χ1) is 15.4. The molecule has 1 unspecified atom stereocenters. The van der Waals surface area contributed by atoms with Gasteiger partial charge < -0.3 is 14.4 Å². The maximum absolute atomic E-state index is 14.0. The van der Waals surface area contributed by atoms with Crippen molar-refractivity contribution in [2.24, 2.45) is 5.92 Å². The SMILES string of the molecule is C=CCN1C(=O)[C@]2(c3cc(Cl)ccc31)[C@@H](C(=O)OCC)[C@@H]1C[C@@H](/C=C/C(=O)OCC)N2O1. The molecule has 1 amide bonds. The fourth-order valence-corrected chi connectivity index (χ4v) is 5.11. The zero-order chi connectivity index (χ0) is 23.0. The van der Waals surface area contributed by atoms with Gasteiger partial charge in [-0.05, 0) is 38.5 Å². The molecule has 0 aliphatic carbocycles. The van der Waals surface area contributed by atoms with E-state index in [1.165, 1.54) is 11.1 Å². The predicted octanol–water partition coefficient (Wildman–Crippen LogP) is 2.75. The normalized spacial score (nSPS) is 30.2. The Morgan fingerprint density at radius 3 is 2.75 bits per heavy atom. The zero-order valence-electron chi connectivity index (χ0n) is 18.0. The van der Waals surface area contributed by atoms with E-state index in [2.05, 4.69) is 6.58 Å². The number of benzene rings is 1. The molecule has 0 radical (unpaired) electrons. The predicted molar refractivity (Wildman–Crippen MR) is 117 cm³/mol. The van der Waals surface area contributed by atoms with E-state index in [1.54, 1.807) is 49.1 Å². The van der Waals surface area contributed by atoms with Crippen LogP contribution in [0.1, 0.15) is 25.8 Å². The molecular weight excluding hydrogens is 436 g/mol. The first-order valence-corrected chi connectivity index (χ1v) is 11.0. The number of piperidine rings is 1. The van der Waals surface area contributed by atoms with Gasteiger partial charge in [-0.15, -0.1) is 6.58 Å². The minimum Gasteiger partial charge on any atom is -0.466 e. The molecule has 2 saturated heterocycles. The maximum Gasteiger partial charge on any atom is 0.330 e. The summed E-state index contributed by atoms with van der Waals surface area (Å²) in [6.07, 6.45) is 4.42. The van der Waals surface area contributed by atoms with Crippen molar-refractivity contribution in [2.45, 2.75) is 38.0 Å². The summed E-state index contributed by atoms with van der Waals surface area (Å²) in [5.74, 6) is -2.19. The van der Waals surface area contributed by atoms with Crippen LogP contribution in [0, 0.1) is 5.92 Å². The van der Waals surface area contributed by atoms with E-state index in [4.69, 9.17) is 25.9 Å². The number of hydrogen-bond acceptors (Lipinski definition) is 7. The number of carbonyl (C=O) groups excluding carboxylic acids is 3. The summed E-state index contributed by atoms with van der Waals surface area (Å²) in [5.41, 5.74) is -0.244. The molecule has 0 aromatic heterocycles. The molecule has 8 nitrogen and oxygen atoms in total. The van der Waals surface area contributed by atoms with Gasteiger partial charge in [0, 0.05) is 28.9 Å².